The van der Waals surface area contributed by atoms with Crippen molar-refractivity contribution in [2.24, 2.45) is 11.7 Å². The lowest BCUT2D eigenvalue weighted by atomic mass is 9.89. The Morgan fingerprint density at radius 1 is 1.29 bits per heavy atom. The number of benzene rings is 1. The number of nitrogens with two attached hydrogens (primary N) is 1. The minimum atomic E-state index is -0.414. The zero-order valence-corrected chi connectivity index (χ0v) is 14.1. The number of hydrogen-bond acceptors (Lipinski definition) is 4. The van der Waals surface area contributed by atoms with Crippen molar-refractivity contribution in [3.05, 3.63) is 29.8 Å². The van der Waals surface area contributed by atoms with Crippen LogP contribution in [0.4, 0.5) is 0 Å². The van der Waals surface area contributed by atoms with Crippen molar-refractivity contribution < 1.29 is 19.1 Å². The molecule has 1 aromatic carbocycles. The molecule has 0 aromatic heterocycles. The van der Waals surface area contributed by atoms with Crippen LogP contribution in [-0.2, 0) is 20.7 Å². The number of amides is 2. The van der Waals surface area contributed by atoms with E-state index in [2.05, 4.69) is 12.2 Å². The molecule has 3 N–H and O–H groups in total. The number of primary amides is 1. The average molecular weight is 334 g/mol. The Bertz CT molecular complexity index is 538. The van der Waals surface area contributed by atoms with Crippen molar-refractivity contribution in [3.63, 3.8) is 0 Å². The molecule has 0 aliphatic carbocycles. The summed E-state index contributed by atoms with van der Waals surface area (Å²) in [6.45, 7) is 3.30. The summed E-state index contributed by atoms with van der Waals surface area (Å²) >= 11 is 0. The third-order valence-electron chi connectivity index (χ3n) is 4.30. The first-order valence-corrected chi connectivity index (χ1v) is 8.45. The molecule has 1 fully saturated rings. The average Bonchev–Trinajstić information content (AvgIpc) is 2.60. The maximum absolute atomic E-state index is 12.2. The molecule has 24 heavy (non-hydrogen) atoms. The lowest BCUT2D eigenvalue weighted by molar-refractivity contribution is -0.125. The highest BCUT2D eigenvalue weighted by molar-refractivity contribution is 5.80. The molecule has 2 amide bonds. The Balaban J connectivity index is 1.85. The Kier molecular flexibility index (Phi) is 7.06. The fourth-order valence-corrected chi connectivity index (χ4v) is 2.89. The molecule has 0 unspecified atom stereocenters. The van der Waals surface area contributed by atoms with Crippen LogP contribution in [0.15, 0.2) is 24.3 Å². The molecule has 0 radical (unpaired) electrons. The van der Waals surface area contributed by atoms with Crippen LogP contribution in [0.3, 0.4) is 0 Å². The fraction of sp³-hybridized carbons (Fsp3) is 0.556. The molecular formula is C18H26N2O4. The molecule has 1 aromatic rings. The van der Waals surface area contributed by atoms with Crippen molar-refractivity contribution >= 4 is 11.8 Å². The molecule has 1 atom stereocenters. The van der Waals surface area contributed by atoms with E-state index in [-0.39, 0.29) is 30.9 Å². The van der Waals surface area contributed by atoms with Crippen LogP contribution >= 0.6 is 0 Å². The van der Waals surface area contributed by atoms with E-state index in [1.54, 1.807) is 0 Å². The summed E-state index contributed by atoms with van der Waals surface area (Å²) in [6.07, 6.45) is 2.73. The SMILES string of the molecule is CCc1ccc(OCC(=O)N[C@H](CC(N)=O)C2CCOCC2)cc1. The number of aryl methyl sites for hydroxylation is 1. The lowest BCUT2D eigenvalue weighted by Crippen LogP contribution is -2.46. The van der Waals surface area contributed by atoms with Crippen LogP contribution in [0.1, 0.15) is 31.7 Å². The van der Waals surface area contributed by atoms with Gasteiger partial charge in [-0.15, -0.1) is 0 Å². The second-order valence-corrected chi connectivity index (χ2v) is 6.08. The van der Waals surface area contributed by atoms with E-state index in [0.717, 1.165) is 19.3 Å². The Morgan fingerprint density at radius 3 is 2.54 bits per heavy atom. The van der Waals surface area contributed by atoms with Gasteiger partial charge in [0.1, 0.15) is 5.75 Å². The van der Waals surface area contributed by atoms with Gasteiger partial charge < -0.3 is 20.5 Å². The van der Waals surface area contributed by atoms with Crippen molar-refractivity contribution in [1.29, 1.82) is 0 Å². The second kappa shape index (κ2) is 9.27. The Hall–Kier alpha value is -2.08. The molecule has 1 heterocycles. The number of carbonyl (C=O) groups excluding carboxylic acids is 2. The quantitative estimate of drug-likeness (QED) is 0.752. The minimum Gasteiger partial charge on any atom is -0.484 e. The number of rotatable bonds is 8. The van der Waals surface area contributed by atoms with Gasteiger partial charge in [0.05, 0.1) is 0 Å². The highest BCUT2D eigenvalue weighted by Gasteiger charge is 2.27. The molecule has 2 rings (SSSR count). The van der Waals surface area contributed by atoms with Crippen LogP contribution in [0, 0.1) is 5.92 Å². The van der Waals surface area contributed by atoms with Crippen molar-refractivity contribution in [1.82, 2.24) is 5.32 Å². The summed E-state index contributed by atoms with van der Waals surface area (Å²) in [5.41, 5.74) is 6.53. The van der Waals surface area contributed by atoms with E-state index in [4.69, 9.17) is 15.2 Å². The predicted octanol–water partition coefficient (Wildman–Crippen LogP) is 1.41. The molecule has 6 heteroatoms. The first kappa shape index (κ1) is 18.3. The fourth-order valence-electron chi connectivity index (χ4n) is 2.89. The smallest absolute Gasteiger partial charge is 0.258 e. The van der Waals surface area contributed by atoms with E-state index in [1.807, 2.05) is 24.3 Å². The van der Waals surface area contributed by atoms with Gasteiger partial charge in [0, 0.05) is 25.7 Å². The molecule has 0 saturated carbocycles. The van der Waals surface area contributed by atoms with Gasteiger partial charge in [-0.2, -0.15) is 0 Å². The van der Waals surface area contributed by atoms with Crippen molar-refractivity contribution in [2.45, 2.75) is 38.6 Å². The Labute approximate surface area is 142 Å². The van der Waals surface area contributed by atoms with Gasteiger partial charge in [-0.25, -0.2) is 0 Å². The number of hydrogen-bond donors (Lipinski definition) is 2. The third-order valence-corrected chi connectivity index (χ3v) is 4.30. The molecule has 0 spiro atoms. The summed E-state index contributed by atoms with van der Waals surface area (Å²) in [7, 11) is 0. The lowest BCUT2D eigenvalue weighted by Gasteiger charge is -2.30. The van der Waals surface area contributed by atoms with Crippen LogP contribution in [0.5, 0.6) is 5.75 Å². The normalized spacial score (nSPS) is 16.4. The van der Waals surface area contributed by atoms with Crippen LogP contribution in [0.2, 0.25) is 0 Å². The second-order valence-electron chi connectivity index (χ2n) is 6.08. The number of carbonyl (C=O) groups is 2. The molecule has 1 aliphatic rings. The Morgan fingerprint density at radius 2 is 1.96 bits per heavy atom. The zero-order valence-electron chi connectivity index (χ0n) is 14.1. The largest absolute Gasteiger partial charge is 0.484 e. The van der Waals surface area contributed by atoms with Crippen molar-refractivity contribution in [2.75, 3.05) is 19.8 Å². The standard InChI is InChI=1S/C18H26N2O4/c1-2-13-3-5-15(6-4-13)24-12-18(22)20-16(11-17(19)21)14-7-9-23-10-8-14/h3-6,14,16H,2,7-12H2,1H3,(H2,19,21)(H,20,22)/t16-/m1/s1. The van der Waals surface area contributed by atoms with Gasteiger partial charge in [0.2, 0.25) is 5.91 Å². The summed E-state index contributed by atoms with van der Waals surface area (Å²) in [4.78, 5) is 23.4. The molecule has 0 bridgehead atoms. The first-order chi connectivity index (χ1) is 11.6. The summed E-state index contributed by atoms with van der Waals surface area (Å²) in [6, 6.07) is 7.40. The van der Waals surface area contributed by atoms with Crippen LogP contribution < -0.4 is 15.8 Å². The molecule has 1 aliphatic heterocycles. The van der Waals surface area contributed by atoms with E-state index < -0.39 is 5.91 Å². The number of nitrogens with one attached hydrogen (secondary N) is 1. The molecule has 1 saturated heterocycles. The van der Waals surface area contributed by atoms with Gasteiger partial charge in [-0.05, 0) is 42.9 Å². The van der Waals surface area contributed by atoms with Gasteiger partial charge in [0.15, 0.2) is 6.61 Å². The minimum absolute atomic E-state index is 0.0794. The first-order valence-electron chi connectivity index (χ1n) is 8.45. The van der Waals surface area contributed by atoms with E-state index in [9.17, 15) is 9.59 Å². The van der Waals surface area contributed by atoms with Gasteiger partial charge in [-0.3, -0.25) is 9.59 Å². The number of ether oxygens (including phenoxy) is 2. The maximum atomic E-state index is 12.2. The van der Waals surface area contributed by atoms with Gasteiger partial charge in [0.25, 0.3) is 5.91 Å². The summed E-state index contributed by atoms with van der Waals surface area (Å²) in [5, 5.41) is 2.89. The highest BCUT2D eigenvalue weighted by atomic mass is 16.5. The van der Waals surface area contributed by atoms with E-state index >= 15 is 0 Å². The van der Waals surface area contributed by atoms with E-state index in [0.29, 0.717) is 19.0 Å². The van der Waals surface area contributed by atoms with Crippen LogP contribution in [-0.4, -0.2) is 37.7 Å². The maximum Gasteiger partial charge on any atom is 0.258 e. The summed E-state index contributed by atoms with van der Waals surface area (Å²) < 4.78 is 10.8. The zero-order chi connectivity index (χ0) is 17.4. The highest BCUT2D eigenvalue weighted by Crippen LogP contribution is 2.21. The monoisotopic (exact) mass is 334 g/mol. The molecule has 6 nitrogen and oxygen atoms in total. The summed E-state index contributed by atoms with van der Waals surface area (Å²) in [5.74, 6) is 0.203. The topological polar surface area (TPSA) is 90.6 Å². The third kappa shape index (κ3) is 5.85. The molecular weight excluding hydrogens is 308 g/mol. The van der Waals surface area contributed by atoms with Crippen LogP contribution in [0.25, 0.3) is 0 Å². The van der Waals surface area contributed by atoms with E-state index in [1.165, 1.54) is 5.56 Å². The van der Waals surface area contributed by atoms with Crippen molar-refractivity contribution in [3.8, 4) is 5.75 Å². The van der Waals surface area contributed by atoms with Gasteiger partial charge >= 0.3 is 0 Å². The molecule has 132 valence electrons. The van der Waals surface area contributed by atoms with Gasteiger partial charge in [-0.1, -0.05) is 19.1 Å². The predicted molar refractivity (Wildman–Crippen MR) is 90.6 cm³/mol.